The van der Waals surface area contributed by atoms with E-state index in [1.54, 1.807) is 24.0 Å². The van der Waals surface area contributed by atoms with Gasteiger partial charge in [-0.05, 0) is 43.4 Å². The van der Waals surface area contributed by atoms with E-state index in [0.29, 0.717) is 42.1 Å². The largest absolute Gasteiger partial charge is 0.489 e. The number of nitrogens with two attached hydrogens (primary N) is 1. The van der Waals surface area contributed by atoms with Gasteiger partial charge >= 0.3 is 0 Å². The van der Waals surface area contributed by atoms with Crippen molar-refractivity contribution in [1.82, 2.24) is 35.3 Å². The molecule has 1 fully saturated rings. The molecule has 0 saturated carbocycles. The number of nitrogens with one attached hydrogen (secondary N) is 1. The SMILES string of the molecule is CCNC(=O)c1cc(N2CCC(COc3cc(-c4cn(C)nn4)cnc3N)CC2)nc(Cl)n1. The number of ether oxygens (including phenoxy) is 1. The number of rotatable bonds is 7. The van der Waals surface area contributed by atoms with Gasteiger partial charge in [-0.1, -0.05) is 5.21 Å². The zero-order chi connectivity index (χ0) is 23.4. The number of pyridine rings is 1. The minimum Gasteiger partial charge on any atom is -0.489 e. The van der Waals surface area contributed by atoms with E-state index in [4.69, 9.17) is 22.1 Å². The number of nitrogen functional groups attached to an aromatic ring is 1. The molecule has 1 aliphatic rings. The fraction of sp³-hybridized carbons (Fsp3) is 0.429. The summed E-state index contributed by atoms with van der Waals surface area (Å²) in [4.78, 5) is 26.8. The summed E-state index contributed by atoms with van der Waals surface area (Å²) in [5.74, 6) is 1.62. The molecule has 1 aliphatic heterocycles. The zero-order valence-corrected chi connectivity index (χ0v) is 19.3. The highest BCUT2D eigenvalue weighted by atomic mass is 35.5. The number of aromatic nitrogens is 6. The first-order valence-corrected chi connectivity index (χ1v) is 11.1. The second kappa shape index (κ2) is 9.99. The molecule has 12 heteroatoms. The highest BCUT2D eigenvalue weighted by Crippen LogP contribution is 2.28. The number of carbonyl (C=O) groups is 1. The van der Waals surface area contributed by atoms with Gasteiger partial charge in [0.25, 0.3) is 5.91 Å². The molecule has 3 N–H and O–H groups in total. The van der Waals surface area contributed by atoms with Crippen LogP contribution >= 0.6 is 11.6 Å². The maximum atomic E-state index is 12.1. The number of hydrogen-bond donors (Lipinski definition) is 2. The van der Waals surface area contributed by atoms with Crippen molar-refractivity contribution >= 4 is 29.1 Å². The Bertz CT molecular complexity index is 1130. The van der Waals surface area contributed by atoms with Crippen LogP contribution in [-0.2, 0) is 7.05 Å². The van der Waals surface area contributed by atoms with Crippen LogP contribution in [0.4, 0.5) is 11.6 Å². The van der Waals surface area contributed by atoms with Gasteiger partial charge in [-0.25, -0.2) is 15.0 Å². The molecule has 0 atom stereocenters. The lowest BCUT2D eigenvalue weighted by molar-refractivity contribution is 0.0950. The quantitative estimate of drug-likeness (QED) is 0.495. The molecule has 1 saturated heterocycles. The Labute approximate surface area is 196 Å². The molecule has 4 heterocycles. The Kier molecular flexibility index (Phi) is 6.87. The van der Waals surface area contributed by atoms with Crippen LogP contribution in [0.2, 0.25) is 5.28 Å². The van der Waals surface area contributed by atoms with Gasteiger partial charge in [0, 0.05) is 44.5 Å². The molecule has 0 spiro atoms. The fourth-order valence-corrected chi connectivity index (χ4v) is 3.84. The summed E-state index contributed by atoms with van der Waals surface area (Å²) < 4.78 is 7.65. The van der Waals surface area contributed by atoms with E-state index in [1.165, 1.54) is 0 Å². The molecular formula is C21H26ClN9O2. The van der Waals surface area contributed by atoms with Crippen molar-refractivity contribution in [3.05, 3.63) is 35.5 Å². The number of halogens is 1. The lowest BCUT2D eigenvalue weighted by atomic mass is 9.98. The first-order valence-electron chi connectivity index (χ1n) is 10.8. The predicted molar refractivity (Wildman–Crippen MR) is 124 cm³/mol. The second-order valence-corrected chi connectivity index (χ2v) is 8.20. The first kappa shape index (κ1) is 22.7. The molecule has 0 aliphatic carbocycles. The van der Waals surface area contributed by atoms with Crippen LogP contribution in [0.5, 0.6) is 5.75 Å². The van der Waals surface area contributed by atoms with Gasteiger partial charge in [-0.2, -0.15) is 0 Å². The molecule has 0 aromatic carbocycles. The number of hydrogen-bond acceptors (Lipinski definition) is 9. The second-order valence-electron chi connectivity index (χ2n) is 7.87. The lowest BCUT2D eigenvalue weighted by Crippen LogP contribution is -2.36. The summed E-state index contributed by atoms with van der Waals surface area (Å²) in [6.45, 7) is 4.43. The van der Waals surface area contributed by atoms with Crippen LogP contribution in [0, 0.1) is 5.92 Å². The first-order chi connectivity index (χ1) is 15.9. The normalized spacial score (nSPS) is 14.3. The van der Waals surface area contributed by atoms with Crippen LogP contribution in [0.3, 0.4) is 0 Å². The van der Waals surface area contributed by atoms with Crippen LogP contribution in [0.25, 0.3) is 11.3 Å². The minimum atomic E-state index is -0.263. The summed E-state index contributed by atoms with van der Waals surface area (Å²) in [5, 5.41) is 10.8. The molecule has 0 unspecified atom stereocenters. The van der Waals surface area contributed by atoms with Crippen molar-refractivity contribution in [2.24, 2.45) is 13.0 Å². The van der Waals surface area contributed by atoms with Crippen LogP contribution in [0.15, 0.2) is 24.5 Å². The molecule has 3 aromatic rings. The Morgan fingerprint density at radius 3 is 2.79 bits per heavy atom. The Hall–Kier alpha value is -3.47. The van der Waals surface area contributed by atoms with Gasteiger partial charge in [-0.15, -0.1) is 5.10 Å². The van der Waals surface area contributed by atoms with Crippen molar-refractivity contribution < 1.29 is 9.53 Å². The van der Waals surface area contributed by atoms with E-state index in [-0.39, 0.29) is 16.9 Å². The Morgan fingerprint density at radius 2 is 2.09 bits per heavy atom. The van der Waals surface area contributed by atoms with Gasteiger partial charge in [0.05, 0.1) is 12.8 Å². The summed E-state index contributed by atoms with van der Waals surface area (Å²) in [6, 6.07) is 3.52. The number of amides is 1. The van der Waals surface area contributed by atoms with Gasteiger partial charge in [-0.3, -0.25) is 9.48 Å². The minimum absolute atomic E-state index is 0.0603. The number of carbonyl (C=O) groups excluding carboxylic acids is 1. The van der Waals surface area contributed by atoms with E-state index in [1.807, 2.05) is 19.2 Å². The van der Waals surface area contributed by atoms with Crippen LogP contribution in [0.1, 0.15) is 30.3 Å². The topological polar surface area (TPSA) is 137 Å². The van der Waals surface area contributed by atoms with E-state index < -0.39 is 0 Å². The highest BCUT2D eigenvalue weighted by Gasteiger charge is 2.23. The fourth-order valence-electron chi connectivity index (χ4n) is 3.66. The monoisotopic (exact) mass is 471 g/mol. The molecule has 11 nitrogen and oxygen atoms in total. The van der Waals surface area contributed by atoms with E-state index in [0.717, 1.165) is 31.5 Å². The van der Waals surface area contributed by atoms with Gasteiger partial charge in [0.15, 0.2) is 11.6 Å². The van der Waals surface area contributed by atoms with E-state index in [9.17, 15) is 4.79 Å². The van der Waals surface area contributed by atoms with E-state index >= 15 is 0 Å². The average molecular weight is 472 g/mol. The molecule has 174 valence electrons. The summed E-state index contributed by atoms with van der Waals surface area (Å²) in [5.41, 5.74) is 7.79. The number of piperidine rings is 1. The highest BCUT2D eigenvalue weighted by molar-refractivity contribution is 6.28. The van der Waals surface area contributed by atoms with Gasteiger partial charge in [0.2, 0.25) is 5.28 Å². The third kappa shape index (κ3) is 5.48. The van der Waals surface area contributed by atoms with E-state index in [2.05, 4.69) is 35.5 Å². The van der Waals surface area contributed by atoms with Crippen molar-refractivity contribution in [3.8, 4) is 17.0 Å². The van der Waals surface area contributed by atoms with Gasteiger partial charge < -0.3 is 20.7 Å². The van der Waals surface area contributed by atoms with Crippen molar-refractivity contribution in [2.75, 3.05) is 36.9 Å². The molecule has 33 heavy (non-hydrogen) atoms. The third-order valence-electron chi connectivity index (χ3n) is 5.45. The molecular weight excluding hydrogens is 446 g/mol. The number of nitrogens with zero attached hydrogens (tertiary/aromatic N) is 7. The smallest absolute Gasteiger partial charge is 0.270 e. The van der Waals surface area contributed by atoms with Crippen LogP contribution < -0.4 is 20.7 Å². The molecule has 3 aromatic heterocycles. The van der Waals surface area contributed by atoms with Crippen molar-refractivity contribution in [1.29, 1.82) is 0 Å². The summed E-state index contributed by atoms with van der Waals surface area (Å²) in [7, 11) is 1.81. The lowest BCUT2D eigenvalue weighted by Gasteiger charge is -2.32. The predicted octanol–water partition coefficient (Wildman–Crippen LogP) is 1.95. The Morgan fingerprint density at radius 1 is 1.30 bits per heavy atom. The summed E-state index contributed by atoms with van der Waals surface area (Å²) >= 11 is 6.06. The third-order valence-corrected chi connectivity index (χ3v) is 5.62. The summed E-state index contributed by atoms with van der Waals surface area (Å²) in [6.07, 6.45) is 5.26. The molecule has 0 bridgehead atoms. The van der Waals surface area contributed by atoms with Crippen molar-refractivity contribution in [2.45, 2.75) is 19.8 Å². The molecule has 1 amide bonds. The number of anilines is 2. The van der Waals surface area contributed by atoms with Crippen molar-refractivity contribution in [3.63, 3.8) is 0 Å². The standard InChI is InChI=1S/C21H26ClN9O2/c1-3-24-20(32)15-9-18(27-21(22)26-15)31-6-4-13(5-7-31)12-33-17-8-14(10-25-19(17)23)16-11-30(2)29-28-16/h8-11,13H,3-7,12H2,1-2H3,(H2,23,25)(H,24,32). The molecule has 4 rings (SSSR count). The number of aryl methyl sites for hydroxylation is 1. The Balaban J connectivity index is 1.35. The average Bonchev–Trinajstić information content (AvgIpc) is 3.25. The zero-order valence-electron chi connectivity index (χ0n) is 18.5. The maximum absolute atomic E-state index is 12.1. The van der Waals surface area contributed by atoms with Gasteiger partial charge in [0.1, 0.15) is 17.2 Å². The maximum Gasteiger partial charge on any atom is 0.270 e. The molecule has 0 radical (unpaired) electrons. The van der Waals surface area contributed by atoms with Crippen LogP contribution in [-0.4, -0.2) is 62.1 Å².